The Balaban J connectivity index is 0.681. The van der Waals surface area contributed by atoms with E-state index in [0.717, 1.165) is 41.3 Å². The molecule has 95 heavy (non-hydrogen) atoms. The van der Waals surface area contributed by atoms with E-state index in [1.807, 2.05) is 0 Å². The van der Waals surface area contributed by atoms with Gasteiger partial charge in [0.05, 0.1) is 5.69 Å². The van der Waals surface area contributed by atoms with Crippen molar-refractivity contribution in [1.29, 1.82) is 0 Å². The molecule has 0 heterocycles. The maximum Gasteiger partial charge on any atom is 0.0540 e. The van der Waals surface area contributed by atoms with E-state index in [2.05, 4.69) is 354 Å². The fraction of sp³-hybridized carbons (Fsp3) is 0.183. The number of benzene rings is 12. The van der Waals surface area contributed by atoms with E-state index in [4.69, 9.17) is 0 Å². The van der Waals surface area contributed by atoms with E-state index in [9.17, 15) is 0 Å². The zero-order valence-corrected chi connectivity index (χ0v) is 57.3. The van der Waals surface area contributed by atoms with Crippen LogP contribution in [0.4, 0.5) is 28.4 Å². The highest BCUT2D eigenvalue weighted by Gasteiger charge is 2.28. The molecule has 14 rings (SSSR count). The summed E-state index contributed by atoms with van der Waals surface area (Å²) in [5.74, 6) is 0.340. The topological polar surface area (TPSA) is 15.3 Å². The second kappa shape index (κ2) is 25.6. The molecule has 0 radical (unpaired) electrons. The molecule has 0 spiro atoms. The van der Waals surface area contributed by atoms with Gasteiger partial charge in [-0.25, -0.2) is 0 Å². The van der Waals surface area contributed by atoms with Crippen LogP contribution >= 0.6 is 0 Å². The van der Waals surface area contributed by atoms with Crippen molar-refractivity contribution in [1.82, 2.24) is 0 Å². The molecule has 0 amide bonds. The van der Waals surface area contributed by atoms with E-state index in [-0.39, 0.29) is 17.3 Å². The van der Waals surface area contributed by atoms with Gasteiger partial charge < -0.3 is 10.2 Å². The predicted octanol–water partition coefficient (Wildman–Crippen LogP) is 25.9. The molecule has 2 aliphatic rings. The van der Waals surface area contributed by atoms with Crippen LogP contribution in [0.15, 0.2) is 261 Å². The Morgan fingerprint density at radius 2 is 0.905 bits per heavy atom. The maximum absolute atomic E-state index is 3.88. The predicted molar refractivity (Wildman–Crippen MR) is 410 cm³/mol. The summed E-state index contributed by atoms with van der Waals surface area (Å²) in [6.45, 7) is 27.5. The Morgan fingerprint density at radius 3 is 1.55 bits per heavy atom. The molecule has 12 aromatic carbocycles. The Bertz CT molecular complexity index is 5010. The van der Waals surface area contributed by atoms with Crippen LogP contribution in [0.3, 0.4) is 0 Å². The van der Waals surface area contributed by atoms with Gasteiger partial charge in [-0.15, -0.1) is 0 Å². The first-order valence-electron chi connectivity index (χ1n) is 34.1. The number of allylic oxidation sites excluding steroid dienone is 8. The highest BCUT2D eigenvalue weighted by molar-refractivity contribution is 6.01. The maximum atomic E-state index is 3.88. The summed E-state index contributed by atoms with van der Waals surface area (Å²) in [7, 11) is 0. The Kier molecular flexibility index (Phi) is 16.7. The van der Waals surface area contributed by atoms with Crippen molar-refractivity contribution in [3.8, 4) is 33.4 Å². The van der Waals surface area contributed by atoms with Crippen molar-refractivity contribution in [2.24, 2.45) is 0 Å². The number of fused-ring (bicyclic) bond motifs is 2. The van der Waals surface area contributed by atoms with Crippen molar-refractivity contribution >= 4 is 61.1 Å². The largest absolute Gasteiger partial charge is 0.355 e. The zero-order chi connectivity index (χ0) is 65.8. The molecule has 0 saturated heterocycles. The molecule has 0 aliphatic heterocycles. The molecule has 0 saturated carbocycles. The Hall–Kier alpha value is -10.3. The molecular weight excluding hydrogens is 1150 g/mol. The van der Waals surface area contributed by atoms with Gasteiger partial charge in [0, 0.05) is 50.8 Å². The first-order valence-corrected chi connectivity index (χ1v) is 34.1. The minimum Gasteiger partial charge on any atom is -0.355 e. The van der Waals surface area contributed by atoms with Crippen molar-refractivity contribution in [3.63, 3.8) is 0 Å². The van der Waals surface area contributed by atoms with E-state index in [1.165, 1.54) is 155 Å². The van der Waals surface area contributed by atoms with E-state index in [1.54, 1.807) is 0 Å². The zero-order valence-electron chi connectivity index (χ0n) is 57.3. The molecule has 1 N–H and O–H groups in total. The minimum absolute atomic E-state index is 0.158. The highest BCUT2D eigenvalue weighted by Crippen LogP contribution is 2.47. The van der Waals surface area contributed by atoms with Crippen molar-refractivity contribution < 1.29 is 0 Å². The first kappa shape index (κ1) is 62.2. The van der Waals surface area contributed by atoms with Crippen molar-refractivity contribution in [3.05, 3.63) is 350 Å². The van der Waals surface area contributed by atoms with Crippen LogP contribution < -0.4 is 10.2 Å². The monoisotopic (exact) mass is 1230 g/mol. The lowest BCUT2D eigenvalue weighted by atomic mass is 9.76. The highest BCUT2D eigenvalue weighted by atomic mass is 15.1. The first-order chi connectivity index (χ1) is 46.0. The third kappa shape index (κ3) is 11.6. The number of nitrogens with zero attached hydrogens (tertiary/aromatic N) is 1. The summed E-state index contributed by atoms with van der Waals surface area (Å²) >= 11 is 0. The number of nitrogens with one attached hydrogen (secondary N) is 1. The van der Waals surface area contributed by atoms with Crippen LogP contribution in [0.5, 0.6) is 0 Å². The van der Waals surface area contributed by atoms with E-state index < -0.39 is 0 Å². The Morgan fingerprint density at radius 1 is 0.400 bits per heavy atom. The average molecular weight is 1230 g/mol. The molecule has 0 bridgehead atoms. The summed E-state index contributed by atoms with van der Waals surface area (Å²) in [5.41, 5.74) is 37.3. The van der Waals surface area contributed by atoms with Crippen LogP contribution in [0.25, 0.3) is 66.1 Å². The van der Waals surface area contributed by atoms with Crippen LogP contribution in [0.1, 0.15) is 128 Å². The standard InChI is InChI=1S/C93H86N2/c1-58-60(3)64(7)90(65(8)61(58)4)77-30-17-27-74(55-77)75-28-19-32-83(57-75)95(89-38-22-24-72-23-13-14-34-85(72)89)82-53-45-71(46-54-82)69-41-49-80(50-42-69)93(11,12)79-47-39-68(40-48-79)70-43-51-81(52-44-70)94-88-37-21-26-73-25-20-36-87(92(73)88)86-35-16-15-33-84(86)76-29-18-31-78(56-76)91-66(9)62(5)59(2)63(6)67(91)10/h13-16,18-29,31-57,84,86,94H,17,30H2,1-12H3. The van der Waals surface area contributed by atoms with Gasteiger partial charge in [0.15, 0.2) is 0 Å². The molecule has 2 aliphatic carbocycles. The third-order valence-corrected chi connectivity index (χ3v) is 22.0. The van der Waals surface area contributed by atoms with Crippen LogP contribution in [-0.4, -0.2) is 0 Å². The van der Waals surface area contributed by atoms with Crippen LogP contribution in [0.2, 0.25) is 0 Å². The third-order valence-electron chi connectivity index (χ3n) is 22.0. The van der Waals surface area contributed by atoms with Crippen molar-refractivity contribution in [2.45, 2.75) is 113 Å². The summed E-state index contributed by atoms with van der Waals surface area (Å²) < 4.78 is 0. The minimum atomic E-state index is -0.215. The van der Waals surface area contributed by atoms with Crippen LogP contribution in [-0.2, 0) is 5.41 Å². The van der Waals surface area contributed by atoms with Crippen molar-refractivity contribution in [2.75, 3.05) is 10.2 Å². The molecule has 2 nitrogen and oxygen atoms in total. The molecule has 2 atom stereocenters. The van der Waals surface area contributed by atoms with Gasteiger partial charge in [0.25, 0.3) is 0 Å². The molecule has 12 aromatic rings. The lowest BCUT2D eigenvalue weighted by molar-refractivity contribution is 0.641. The number of hydrogen-bond donors (Lipinski definition) is 1. The van der Waals surface area contributed by atoms with Gasteiger partial charge in [-0.3, -0.25) is 0 Å². The molecular formula is C93H86N2. The second-order valence-electron chi connectivity index (χ2n) is 27.5. The smallest absolute Gasteiger partial charge is 0.0540 e. The van der Waals surface area contributed by atoms with Gasteiger partial charge in [-0.05, 0) is 275 Å². The number of rotatable bonds is 14. The summed E-state index contributed by atoms with van der Waals surface area (Å²) in [6.07, 6.45) is 16.2. The average Bonchev–Trinajstić information content (AvgIpc) is 0.798. The normalized spacial score (nSPS) is 14.7. The molecule has 468 valence electrons. The van der Waals surface area contributed by atoms with E-state index >= 15 is 0 Å². The lowest BCUT2D eigenvalue weighted by Crippen LogP contribution is -2.18. The van der Waals surface area contributed by atoms with Gasteiger partial charge in [-0.2, -0.15) is 0 Å². The quantitative estimate of drug-likeness (QED) is 0.117. The fourth-order valence-corrected chi connectivity index (χ4v) is 15.6. The van der Waals surface area contributed by atoms with Gasteiger partial charge in [0.2, 0.25) is 0 Å². The Labute approximate surface area is 564 Å². The van der Waals surface area contributed by atoms with Gasteiger partial charge in [-0.1, -0.05) is 226 Å². The number of anilines is 5. The molecule has 0 fully saturated rings. The van der Waals surface area contributed by atoms with E-state index in [0.29, 0.717) is 0 Å². The number of hydrogen-bond acceptors (Lipinski definition) is 2. The molecule has 2 unspecified atom stereocenters. The SMILES string of the molecule is Cc1c(C)c(C)c(C2=CC(c3cccc(N(c4ccc(-c5ccc(C(C)(C)c6ccc(-c7ccc(Nc8cccc9cccc(C%10C=CC=CC%10c%10cccc(-c%11c(C)c(C)c(C)c(C)c%11C)c%10)c89)cc7)cc6)cc5)cc4)c4cccc5ccccc45)c3)=CCC2)c(C)c1C. The molecule has 2 heteroatoms. The summed E-state index contributed by atoms with van der Waals surface area (Å²) in [5, 5.41) is 8.80. The van der Waals surface area contributed by atoms with Crippen LogP contribution in [0, 0.1) is 69.2 Å². The second-order valence-corrected chi connectivity index (χ2v) is 27.5. The van der Waals surface area contributed by atoms with Gasteiger partial charge >= 0.3 is 0 Å². The molecule has 0 aromatic heterocycles. The lowest BCUT2D eigenvalue weighted by Gasteiger charge is -2.28. The summed E-state index contributed by atoms with van der Waals surface area (Å²) in [6, 6.07) is 83.8. The van der Waals surface area contributed by atoms with Gasteiger partial charge in [0.1, 0.15) is 0 Å². The fourth-order valence-electron chi connectivity index (χ4n) is 15.6. The summed E-state index contributed by atoms with van der Waals surface area (Å²) in [4.78, 5) is 2.44.